The second kappa shape index (κ2) is 6.51. The van der Waals surface area contributed by atoms with Crippen LogP contribution >= 0.6 is 0 Å². The van der Waals surface area contributed by atoms with Crippen molar-refractivity contribution in [3.05, 3.63) is 81.0 Å². The molecular formula is C20H20FN3O. The summed E-state index contributed by atoms with van der Waals surface area (Å²) in [5.41, 5.74) is 5.35. The number of rotatable bonds is 3. The summed E-state index contributed by atoms with van der Waals surface area (Å²) in [6.45, 7) is 7.69. The molecule has 1 aromatic heterocycles. The fraction of sp³-hybridized carbons (Fsp3) is 0.200. The molecule has 0 saturated heterocycles. The molecule has 0 unspecified atom stereocenters. The standard InChI is InChI=1S/C20H20FN3O/c1-12-9-13(2)11-17(10-12)22-14(3)19-15(4)23-24(20(19)25)18-7-5-16(21)6-8-18/h5-11,23H,1-4H3. The van der Waals surface area contributed by atoms with Crippen molar-refractivity contribution in [2.75, 3.05) is 0 Å². The molecule has 3 aromatic rings. The number of halogens is 1. The summed E-state index contributed by atoms with van der Waals surface area (Å²) in [5.74, 6) is -0.340. The molecule has 2 aromatic carbocycles. The van der Waals surface area contributed by atoms with E-state index in [-0.39, 0.29) is 11.4 Å². The summed E-state index contributed by atoms with van der Waals surface area (Å²) in [5, 5.41) is 3.04. The minimum absolute atomic E-state index is 0.199. The molecule has 3 rings (SSSR count). The van der Waals surface area contributed by atoms with Crippen molar-refractivity contribution in [1.82, 2.24) is 9.78 Å². The second-order valence-corrected chi connectivity index (χ2v) is 6.27. The van der Waals surface area contributed by atoms with Crippen molar-refractivity contribution in [2.45, 2.75) is 27.7 Å². The molecule has 0 atom stereocenters. The van der Waals surface area contributed by atoms with E-state index in [2.05, 4.69) is 16.2 Å². The van der Waals surface area contributed by atoms with Gasteiger partial charge in [0.25, 0.3) is 5.56 Å². The molecule has 0 aliphatic rings. The van der Waals surface area contributed by atoms with Crippen molar-refractivity contribution in [3.8, 4) is 5.69 Å². The van der Waals surface area contributed by atoms with Crippen LogP contribution in [0.5, 0.6) is 0 Å². The minimum atomic E-state index is -0.340. The van der Waals surface area contributed by atoms with Crippen LogP contribution in [-0.2, 0) is 0 Å². The van der Waals surface area contributed by atoms with Gasteiger partial charge in [-0.25, -0.2) is 9.07 Å². The van der Waals surface area contributed by atoms with E-state index in [0.29, 0.717) is 17.0 Å². The van der Waals surface area contributed by atoms with Crippen LogP contribution in [0.25, 0.3) is 5.69 Å². The average Bonchev–Trinajstić information content (AvgIpc) is 2.82. The van der Waals surface area contributed by atoms with Crippen LogP contribution < -0.4 is 5.56 Å². The van der Waals surface area contributed by atoms with E-state index in [1.54, 1.807) is 12.1 Å². The average molecular weight is 337 g/mol. The zero-order valence-electron chi connectivity index (χ0n) is 14.7. The topological polar surface area (TPSA) is 50.1 Å². The Hall–Kier alpha value is -2.95. The Morgan fingerprint density at radius 1 is 1.04 bits per heavy atom. The van der Waals surface area contributed by atoms with E-state index >= 15 is 0 Å². The maximum absolute atomic E-state index is 13.1. The van der Waals surface area contributed by atoms with Gasteiger partial charge in [0.05, 0.1) is 22.6 Å². The van der Waals surface area contributed by atoms with E-state index in [4.69, 9.17) is 0 Å². The lowest BCUT2D eigenvalue weighted by molar-refractivity contribution is 0.627. The van der Waals surface area contributed by atoms with E-state index in [1.807, 2.05) is 39.8 Å². The normalized spacial score (nSPS) is 11.8. The first kappa shape index (κ1) is 16.9. The maximum Gasteiger partial charge on any atom is 0.280 e. The lowest BCUT2D eigenvalue weighted by Gasteiger charge is -2.02. The van der Waals surface area contributed by atoms with Gasteiger partial charge in [-0.15, -0.1) is 0 Å². The van der Waals surface area contributed by atoms with Gasteiger partial charge in [0.15, 0.2) is 0 Å². The van der Waals surface area contributed by atoms with E-state index in [1.165, 1.54) is 16.8 Å². The van der Waals surface area contributed by atoms with Crippen LogP contribution in [-0.4, -0.2) is 15.5 Å². The molecule has 128 valence electrons. The summed E-state index contributed by atoms with van der Waals surface area (Å²) < 4.78 is 14.5. The predicted octanol–water partition coefficient (Wildman–Crippen LogP) is 4.37. The molecule has 0 radical (unpaired) electrons. The number of hydrogen-bond acceptors (Lipinski definition) is 2. The molecule has 0 bridgehead atoms. The molecular weight excluding hydrogens is 317 g/mol. The highest BCUT2D eigenvalue weighted by molar-refractivity contribution is 6.01. The second-order valence-electron chi connectivity index (χ2n) is 6.27. The van der Waals surface area contributed by atoms with Gasteiger partial charge in [-0.2, -0.15) is 0 Å². The van der Waals surface area contributed by atoms with Gasteiger partial charge < -0.3 is 0 Å². The number of benzene rings is 2. The number of H-pyrrole nitrogens is 1. The molecule has 0 fully saturated rings. The monoisotopic (exact) mass is 337 g/mol. The number of aliphatic imine (C=N–C) groups is 1. The third kappa shape index (κ3) is 3.45. The largest absolute Gasteiger partial charge is 0.295 e. The molecule has 25 heavy (non-hydrogen) atoms. The first-order valence-electron chi connectivity index (χ1n) is 8.06. The number of aromatic nitrogens is 2. The summed E-state index contributed by atoms with van der Waals surface area (Å²) in [4.78, 5) is 17.4. The summed E-state index contributed by atoms with van der Waals surface area (Å²) >= 11 is 0. The molecule has 0 aliphatic heterocycles. The highest BCUT2D eigenvalue weighted by Gasteiger charge is 2.15. The third-order valence-electron chi connectivity index (χ3n) is 4.02. The lowest BCUT2D eigenvalue weighted by atomic mass is 10.1. The minimum Gasteiger partial charge on any atom is -0.295 e. The van der Waals surface area contributed by atoms with Crippen molar-refractivity contribution in [2.24, 2.45) is 4.99 Å². The SMILES string of the molecule is CC(=Nc1cc(C)cc(C)c1)c1c(C)[nH]n(-c2ccc(F)cc2)c1=O. The highest BCUT2D eigenvalue weighted by atomic mass is 19.1. The summed E-state index contributed by atoms with van der Waals surface area (Å²) in [6.07, 6.45) is 0. The number of aromatic amines is 1. The highest BCUT2D eigenvalue weighted by Crippen LogP contribution is 2.19. The summed E-state index contributed by atoms with van der Waals surface area (Å²) in [6, 6.07) is 11.8. The van der Waals surface area contributed by atoms with Gasteiger partial charge in [-0.05, 0) is 75.2 Å². The lowest BCUT2D eigenvalue weighted by Crippen LogP contribution is -2.19. The Kier molecular flexibility index (Phi) is 4.40. The fourth-order valence-corrected chi connectivity index (χ4v) is 3.01. The smallest absolute Gasteiger partial charge is 0.280 e. The van der Waals surface area contributed by atoms with Crippen LogP contribution in [0.2, 0.25) is 0 Å². The van der Waals surface area contributed by atoms with Crippen LogP contribution in [0.4, 0.5) is 10.1 Å². The van der Waals surface area contributed by atoms with Crippen LogP contribution in [0.15, 0.2) is 52.3 Å². The molecule has 5 heteroatoms. The van der Waals surface area contributed by atoms with Gasteiger partial charge in [0.2, 0.25) is 0 Å². The number of hydrogen-bond donors (Lipinski definition) is 1. The Morgan fingerprint density at radius 2 is 1.64 bits per heavy atom. The van der Waals surface area contributed by atoms with Gasteiger partial charge in [0.1, 0.15) is 5.82 Å². The zero-order valence-corrected chi connectivity index (χ0v) is 14.7. The maximum atomic E-state index is 13.1. The molecule has 0 amide bonds. The van der Waals surface area contributed by atoms with Gasteiger partial charge in [0, 0.05) is 5.69 Å². The quantitative estimate of drug-likeness (QED) is 0.709. The van der Waals surface area contributed by atoms with Crippen molar-refractivity contribution in [3.63, 3.8) is 0 Å². The van der Waals surface area contributed by atoms with E-state index in [9.17, 15) is 9.18 Å². The van der Waals surface area contributed by atoms with E-state index < -0.39 is 0 Å². The molecule has 4 nitrogen and oxygen atoms in total. The summed E-state index contributed by atoms with van der Waals surface area (Å²) in [7, 11) is 0. The zero-order chi connectivity index (χ0) is 18.1. The van der Waals surface area contributed by atoms with Crippen molar-refractivity contribution < 1.29 is 4.39 Å². The van der Waals surface area contributed by atoms with Crippen molar-refractivity contribution >= 4 is 11.4 Å². The Morgan fingerprint density at radius 3 is 2.24 bits per heavy atom. The van der Waals surface area contributed by atoms with Gasteiger partial charge in [-0.1, -0.05) is 6.07 Å². The van der Waals surface area contributed by atoms with Crippen LogP contribution in [0, 0.1) is 26.6 Å². The third-order valence-corrected chi connectivity index (χ3v) is 4.02. The first-order valence-corrected chi connectivity index (χ1v) is 8.06. The Balaban J connectivity index is 2.07. The Bertz CT molecular complexity index is 990. The molecule has 1 N–H and O–H groups in total. The van der Waals surface area contributed by atoms with Crippen LogP contribution in [0.3, 0.4) is 0 Å². The Labute approximate surface area is 145 Å². The van der Waals surface area contributed by atoms with Gasteiger partial charge in [-0.3, -0.25) is 14.9 Å². The first-order chi connectivity index (χ1) is 11.8. The predicted molar refractivity (Wildman–Crippen MR) is 98.9 cm³/mol. The van der Waals surface area contributed by atoms with Crippen LogP contribution in [0.1, 0.15) is 29.3 Å². The molecule has 0 aliphatic carbocycles. The number of aryl methyl sites for hydroxylation is 3. The number of nitrogens with zero attached hydrogens (tertiary/aromatic N) is 2. The number of nitrogens with one attached hydrogen (secondary N) is 1. The van der Waals surface area contributed by atoms with E-state index in [0.717, 1.165) is 22.5 Å². The molecule has 0 saturated carbocycles. The molecule has 0 spiro atoms. The molecule has 1 heterocycles. The van der Waals surface area contributed by atoms with Gasteiger partial charge >= 0.3 is 0 Å². The van der Waals surface area contributed by atoms with Crippen molar-refractivity contribution in [1.29, 1.82) is 0 Å². The fourth-order valence-electron chi connectivity index (χ4n) is 3.01.